The van der Waals surface area contributed by atoms with Crippen LogP contribution in [0.4, 0.5) is 8.78 Å². The number of aliphatic hydroxyl groups is 1. The summed E-state index contributed by atoms with van der Waals surface area (Å²) in [5.74, 6) is -2.70. The van der Waals surface area contributed by atoms with Crippen LogP contribution in [0.2, 0.25) is 0 Å². The van der Waals surface area contributed by atoms with E-state index in [1.165, 1.54) is 0 Å². The number of hydrogen-bond donors (Lipinski definition) is 2. The molecule has 1 fully saturated rings. The van der Waals surface area contributed by atoms with Gasteiger partial charge in [-0.2, -0.15) is 0 Å². The molecule has 0 radical (unpaired) electrons. The second kappa shape index (κ2) is 3.65. The van der Waals surface area contributed by atoms with Gasteiger partial charge in [0.1, 0.15) is 0 Å². The third kappa shape index (κ3) is 2.89. The van der Waals surface area contributed by atoms with E-state index in [0.29, 0.717) is 0 Å². The first-order valence-electron chi connectivity index (χ1n) is 3.33. The summed E-state index contributed by atoms with van der Waals surface area (Å²) >= 11 is 0. The molecule has 0 bridgehead atoms. The molecule has 1 rings (SSSR count). The Morgan fingerprint density at radius 1 is 1.45 bits per heavy atom. The van der Waals surface area contributed by atoms with E-state index in [0.717, 1.165) is 0 Å². The summed E-state index contributed by atoms with van der Waals surface area (Å²) in [6, 6.07) is -0.459. The van der Waals surface area contributed by atoms with Gasteiger partial charge in [0.2, 0.25) is 0 Å². The van der Waals surface area contributed by atoms with Crippen molar-refractivity contribution < 1.29 is 13.9 Å². The van der Waals surface area contributed by atoms with Crippen molar-refractivity contribution in [1.29, 1.82) is 0 Å². The molecule has 0 amide bonds. The Kier molecular flexibility index (Phi) is 3.67. The Balaban J connectivity index is 0.000001000. The summed E-state index contributed by atoms with van der Waals surface area (Å²) in [4.78, 5) is 0. The maximum atomic E-state index is 12.4. The van der Waals surface area contributed by atoms with Gasteiger partial charge in [-0.1, -0.05) is 0 Å². The van der Waals surface area contributed by atoms with E-state index in [-0.39, 0.29) is 25.2 Å². The molecule has 1 saturated carbocycles. The zero-order valence-electron chi connectivity index (χ0n) is 5.96. The molecule has 11 heavy (non-hydrogen) atoms. The lowest BCUT2D eigenvalue weighted by Gasteiger charge is -2.30. The molecule has 0 aliphatic heterocycles. The molecule has 0 aromatic heterocycles. The van der Waals surface area contributed by atoms with Crippen molar-refractivity contribution >= 4 is 12.4 Å². The Labute approximate surface area is 70.2 Å². The van der Waals surface area contributed by atoms with Gasteiger partial charge in [-0.15, -0.1) is 12.4 Å². The van der Waals surface area contributed by atoms with Crippen molar-refractivity contribution in [2.45, 2.75) is 37.3 Å². The highest BCUT2D eigenvalue weighted by Crippen LogP contribution is 2.32. The van der Waals surface area contributed by atoms with Gasteiger partial charge >= 0.3 is 0 Å². The standard InChI is InChI=1S/C6H11F2NO.ClH/c7-6(8)2-1-4(9)5(10)3-6;/h4-5,10H,1-3,9H2;1H. The summed E-state index contributed by atoms with van der Waals surface area (Å²) in [6.07, 6.45) is -1.48. The third-order valence-corrected chi connectivity index (χ3v) is 1.85. The molecule has 0 aromatic carbocycles. The molecule has 1 aliphatic rings. The Morgan fingerprint density at radius 2 is 2.00 bits per heavy atom. The third-order valence-electron chi connectivity index (χ3n) is 1.85. The minimum atomic E-state index is -2.70. The van der Waals surface area contributed by atoms with Crippen LogP contribution in [0.1, 0.15) is 19.3 Å². The van der Waals surface area contributed by atoms with E-state index in [1.807, 2.05) is 0 Å². The molecule has 2 nitrogen and oxygen atoms in total. The Hall–Kier alpha value is 0.0700. The summed E-state index contributed by atoms with van der Waals surface area (Å²) in [6.45, 7) is 0. The zero-order valence-corrected chi connectivity index (χ0v) is 6.78. The van der Waals surface area contributed by atoms with E-state index in [4.69, 9.17) is 10.8 Å². The molecule has 0 saturated heterocycles. The number of nitrogens with two attached hydrogens (primary N) is 1. The quantitative estimate of drug-likeness (QED) is 0.593. The molecule has 68 valence electrons. The molecule has 0 aromatic rings. The van der Waals surface area contributed by atoms with Gasteiger partial charge in [0.05, 0.1) is 6.10 Å². The van der Waals surface area contributed by atoms with Crippen molar-refractivity contribution in [3.8, 4) is 0 Å². The molecule has 0 spiro atoms. The fraction of sp³-hybridized carbons (Fsp3) is 1.00. The molecular weight excluding hydrogens is 176 g/mol. The highest BCUT2D eigenvalue weighted by Gasteiger charge is 2.39. The first-order valence-corrected chi connectivity index (χ1v) is 3.33. The van der Waals surface area contributed by atoms with E-state index >= 15 is 0 Å². The van der Waals surface area contributed by atoms with Crippen LogP contribution in [0, 0.1) is 0 Å². The first-order chi connectivity index (χ1) is 4.51. The largest absolute Gasteiger partial charge is 0.391 e. The van der Waals surface area contributed by atoms with Crippen molar-refractivity contribution in [3.05, 3.63) is 0 Å². The highest BCUT2D eigenvalue weighted by molar-refractivity contribution is 5.85. The van der Waals surface area contributed by atoms with Crippen LogP contribution in [0.25, 0.3) is 0 Å². The van der Waals surface area contributed by atoms with Crippen molar-refractivity contribution in [1.82, 2.24) is 0 Å². The molecule has 0 heterocycles. The normalized spacial score (nSPS) is 36.0. The SMILES string of the molecule is Cl.NC1CCC(F)(F)CC1O. The Bertz CT molecular complexity index is 134. The predicted molar refractivity (Wildman–Crippen MR) is 40.0 cm³/mol. The lowest BCUT2D eigenvalue weighted by Crippen LogP contribution is -2.44. The monoisotopic (exact) mass is 187 g/mol. The molecule has 2 unspecified atom stereocenters. The average molecular weight is 188 g/mol. The molecule has 3 N–H and O–H groups in total. The molecular formula is C6H12ClF2NO. The van der Waals surface area contributed by atoms with Gasteiger partial charge in [-0.25, -0.2) is 8.78 Å². The number of halogens is 3. The Morgan fingerprint density at radius 3 is 2.36 bits per heavy atom. The van der Waals surface area contributed by atoms with Crippen molar-refractivity contribution in [2.75, 3.05) is 0 Å². The molecule has 2 atom stereocenters. The number of hydrogen-bond acceptors (Lipinski definition) is 2. The van der Waals surface area contributed by atoms with Crippen LogP contribution in [0.15, 0.2) is 0 Å². The van der Waals surface area contributed by atoms with Crippen LogP contribution >= 0.6 is 12.4 Å². The van der Waals surface area contributed by atoms with Gasteiger partial charge in [0.25, 0.3) is 5.92 Å². The highest BCUT2D eigenvalue weighted by atomic mass is 35.5. The lowest BCUT2D eigenvalue weighted by atomic mass is 9.90. The fourth-order valence-corrected chi connectivity index (χ4v) is 1.13. The summed E-state index contributed by atoms with van der Waals surface area (Å²) in [7, 11) is 0. The smallest absolute Gasteiger partial charge is 0.250 e. The van der Waals surface area contributed by atoms with Crippen molar-refractivity contribution in [3.63, 3.8) is 0 Å². The first kappa shape index (κ1) is 11.1. The van der Waals surface area contributed by atoms with Gasteiger partial charge < -0.3 is 10.8 Å². The maximum absolute atomic E-state index is 12.4. The zero-order chi connectivity index (χ0) is 7.78. The fourth-order valence-electron chi connectivity index (χ4n) is 1.13. The number of rotatable bonds is 0. The summed E-state index contributed by atoms with van der Waals surface area (Å²) < 4.78 is 24.8. The van der Waals surface area contributed by atoms with Crippen LogP contribution in [0.5, 0.6) is 0 Å². The van der Waals surface area contributed by atoms with Crippen LogP contribution in [-0.4, -0.2) is 23.2 Å². The summed E-state index contributed by atoms with van der Waals surface area (Å²) in [5.41, 5.74) is 5.32. The second-order valence-electron chi connectivity index (χ2n) is 2.83. The predicted octanol–water partition coefficient (Wildman–Crippen LogP) is 0.916. The molecule has 1 aliphatic carbocycles. The topological polar surface area (TPSA) is 46.2 Å². The van der Waals surface area contributed by atoms with Crippen LogP contribution < -0.4 is 5.73 Å². The minimum absolute atomic E-state index is 0. The van der Waals surface area contributed by atoms with Crippen LogP contribution in [0.3, 0.4) is 0 Å². The summed E-state index contributed by atoms with van der Waals surface area (Å²) in [5, 5.41) is 8.91. The van der Waals surface area contributed by atoms with E-state index in [1.54, 1.807) is 0 Å². The maximum Gasteiger partial charge on any atom is 0.250 e. The van der Waals surface area contributed by atoms with Crippen LogP contribution in [-0.2, 0) is 0 Å². The van der Waals surface area contributed by atoms with Gasteiger partial charge in [0, 0.05) is 18.9 Å². The van der Waals surface area contributed by atoms with E-state index < -0.39 is 24.5 Å². The molecule has 5 heteroatoms. The number of alkyl halides is 2. The van der Waals surface area contributed by atoms with Gasteiger partial charge in [0.15, 0.2) is 0 Å². The minimum Gasteiger partial charge on any atom is -0.391 e. The van der Waals surface area contributed by atoms with E-state index in [2.05, 4.69) is 0 Å². The van der Waals surface area contributed by atoms with Crippen molar-refractivity contribution in [2.24, 2.45) is 5.73 Å². The lowest BCUT2D eigenvalue weighted by molar-refractivity contribution is -0.0825. The van der Waals surface area contributed by atoms with Gasteiger partial charge in [-0.3, -0.25) is 0 Å². The second-order valence-corrected chi connectivity index (χ2v) is 2.83. The van der Waals surface area contributed by atoms with Gasteiger partial charge in [-0.05, 0) is 6.42 Å². The van der Waals surface area contributed by atoms with E-state index in [9.17, 15) is 8.78 Å². The average Bonchev–Trinajstić information content (AvgIpc) is 1.79. The number of aliphatic hydroxyl groups excluding tert-OH is 1.